The average molecular weight is 273 g/mol. The van der Waals surface area contributed by atoms with Crippen molar-refractivity contribution in [3.8, 4) is 0 Å². The van der Waals surface area contributed by atoms with Gasteiger partial charge in [0.1, 0.15) is 0 Å². The van der Waals surface area contributed by atoms with Crippen LogP contribution in [0.5, 0.6) is 0 Å². The summed E-state index contributed by atoms with van der Waals surface area (Å²) in [4.78, 5) is 13.4. The largest absolute Gasteiger partial charge is 0.390 e. The van der Waals surface area contributed by atoms with Gasteiger partial charge in [0, 0.05) is 19.2 Å². The molecule has 0 saturated heterocycles. The van der Waals surface area contributed by atoms with E-state index in [9.17, 15) is 9.90 Å². The van der Waals surface area contributed by atoms with Gasteiger partial charge in [0.25, 0.3) is 0 Å². The molecule has 1 heterocycles. The molecule has 0 radical (unpaired) electrons. The second-order valence-corrected chi connectivity index (χ2v) is 6.09. The molecular formula is C17H23NO2. The number of nitrogens with zero attached hydrogens (tertiary/aromatic N) is 1. The first kappa shape index (κ1) is 14.8. The van der Waals surface area contributed by atoms with Crippen molar-refractivity contribution in [3.63, 3.8) is 0 Å². The molecule has 1 N–H and O–H groups in total. The molecule has 0 bridgehead atoms. The third kappa shape index (κ3) is 3.70. The van der Waals surface area contributed by atoms with Crippen LogP contribution in [0.2, 0.25) is 0 Å². The summed E-state index contributed by atoms with van der Waals surface area (Å²) in [5, 5.41) is 9.66. The zero-order chi connectivity index (χ0) is 14.8. The number of aryl methyl sites for hydroxylation is 1. The fourth-order valence-electron chi connectivity index (χ4n) is 2.44. The molecule has 0 spiro atoms. The molecule has 0 aromatic heterocycles. The summed E-state index contributed by atoms with van der Waals surface area (Å²) >= 11 is 0. The number of hydrogen-bond donors (Lipinski definition) is 1. The number of carbonyl (C=O) groups is 1. The van der Waals surface area contributed by atoms with Crippen molar-refractivity contribution in [3.05, 3.63) is 35.4 Å². The van der Waals surface area contributed by atoms with Crippen molar-refractivity contribution in [1.82, 2.24) is 0 Å². The average Bonchev–Trinajstić information content (AvgIpc) is 2.38. The number of aliphatic hydroxyl groups is 1. The number of amides is 1. The van der Waals surface area contributed by atoms with Crippen LogP contribution in [-0.2, 0) is 11.2 Å². The number of carbonyl (C=O) groups excluding carboxylic acids is 1. The summed E-state index contributed by atoms with van der Waals surface area (Å²) in [6, 6.07) is 6.20. The van der Waals surface area contributed by atoms with E-state index in [1.54, 1.807) is 4.90 Å². The van der Waals surface area contributed by atoms with Crippen LogP contribution in [0.25, 0.3) is 6.08 Å². The maximum Gasteiger partial charge on any atom is 0.227 e. The number of fused-ring (bicyclic) bond motifs is 1. The Morgan fingerprint density at radius 3 is 2.80 bits per heavy atom. The van der Waals surface area contributed by atoms with E-state index in [1.807, 2.05) is 33.0 Å². The minimum atomic E-state index is -0.608. The zero-order valence-electron chi connectivity index (χ0n) is 12.5. The molecule has 0 saturated carbocycles. The van der Waals surface area contributed by atoms with Gasteiger partial charge in [0.05, 0.1) is 5.60 Å². The predicted octanol–water partition coefficient (Wildman–Crippen LogP) is 3.16. The van der Waals surface area contributed by atoms with Crippen molar-refractivity contribution in [1.29, 1.82) is 0 Å². The van der Waals surface area contributed by atoms with Crippen LogP contribution < -0.4 is 4.90 Å². The van der Waals surface area contributed by atoms with Crippen LogP contribution in [0.3, 0.4) is 0 Å². The third-order valence-corrected chi connectivity index (χ3v) is 3.68. The van der Waals surface area contributed by atoms with Gasteiger partial charge in [-0.05, 0) is 56.4 Å². The number of hydrogen-bond acceptors (Lipinski definition) is 2. The fraction of sp³-hybridized carbons (Fsp3) is 0.471. The standard InChI is InChI=1S/C17H23NO2/c1-17(2,20)11-5-4-6-13-7-9-15-14(12-13)8-10-16(19)18(15)3/h4,6-7,9,12,20H,5,8,10-11H2,1-3H3/b6-4+. The Morgan fingerprint density at radius 2 is 2.10 bits per heavy atom. The molecule has 3 heteroatoms. The van der Waals surface area contributed by atoms with Crippen molar-refractivity contribution in [2.24, 2.45) is 0 Å². The lowest BCUT2D eigenvalue weighted by molar-refractivity contribution is -0.118. The minimum Gasteiger partial charge on any atom is -0.390 e. The van der Waals surface area contributed by atoms with E-state index in [-0.39, 0.29) is 5.91 Å². The molecule has 1 aromatic rings. The number of anilines is 1. The summed E-state index contributed by atoms with van der Waals surface area (Å²) in [6.07, 6.45) is 7.21. The van der Waals surface area contributed by atoms with E-state index < -0.39 is 5.60 Å². The Morgan fingerprint density at radius 1 is 1.35 bits per heavy atom. The molecule has 0 fully saturated rings. The first-order valence-electron chi connectivity index (χ1n) is 7.15. The molecule has 1 amide bonds. The summed E-state index contributed by atoms with van der Waals surface area (Å²) in [7, 11) is 1.83. The number of benzene rings is 1. The second-order valence-electron chi connectivity index (χ2n) is 6.09. The van der Waals surface area contributed by atoms with E-state index >= 15 is 0 Å². The Labute approximate surface area is 120 Å². The van der Waals surface area contributed by atoms with E-state index in [2.05, 4.69) is 18.2 Å². The van der Waals surface area contributed by atoms with E-state index in [1.165, 1.54) is 5.56 Å². The van der Waals surface area contributed by atoms with Gasteiger partial charge in [-0.15, -0.1) is 0 Å². The maximum absolute atomic E-state index is 11.6. The quantitative estimate of drug-likeness (QED) is 0.915. The van der Waals surface area contributed by atoms with Crippen LogP contribution in [-0.4, -0.2) is 23.7 Å². The first-order chi connectivity index (χ1) is 9.37. The van der Waals surface area contributed by atoms with Gasteiger partial charge in [-0.2, -0.15) is 0 Å². The van der Waals surface area contributed by atoms with Crippen molar-refractivity contribution >= 4 is 17.7 Å². The summed E-state index contributed by atoms with van der Waals surface area (Å²) in [5.41, 5.74) is 2.80. The van der Waals surface area contributed by atoms with Gasteiger partial charge >= 0.3 is 0 Å². The van der Waals surface area contributed by atoms with Crippen LogP contribution in [0.1, 0.15) is 44.2 Å². The highest BCUT2D eigenvalue weighted by atomic mass is 16.3. The normalized spacial score (nSPS) is 15.8. The highest BCUT2D eigenvalue weighted by molar-refractivity contribution is 5.96. The van der Waals surface area contributed by atoms with Gasteiger partial charge in [-0.3, -0.25) is 4.79 Å². The third-order valence-electron chi connectivity index (χ3n) is 3.68. The molecule has 1 aliphatic rings. The van der Waals surface area contributed by atoms with E-state index in [4.69, 9.17) is 0 Å². The van der Waals surface area contributed by atoms with Crippen LogP contribution >= 0.6 is 0 Å². The lowest BCUT2D eigenvalue weighted by atomic mass is 9.98. The molecule has 3 nitrogen and oxygen atoms in total. The van der Waals surface area contributed by atoms with Crippen molar-refractivity contribution in [2.45, 2.75) is 45.1 Å². The molecule has 2 rings (SSSR count). The van der Waals surface area contributed by atoms with Crippen molar-refractivity contribution in [2.75, 3.05) is 11.9 Å². The van der Waals surface area contributed by atoms with Gasteiger partial charge in [0.2, 0.25) is 5.91 Å². The molecule has 1 aliphatic heterocycles. The van der Waals surface area contributed by atoms with Gasteiger partial charge in [0.15, 0.2) is 0 Å². The molecule has 0 unspecified atom stereocenters. The molecular weight excluding hydrogens is 250 g/mol. The Balaban J connectivity index is 2.05. The zero-order valence-corrected chi connectivity index (χ0v) is 12.5. The smallest absolute Gasteiger partial charge is 0.227 e. The second kappa shape index (κ2) is 5.80. The minimum absolute atomic E-state index is 0.186. The Hall–Kier alpha value is -1.61. The SMILES string of the molecule is CN1C(=O)CCc2cc(/C=C/CCC(C)(C)O)ccc21. The molecule has 0 aliphatic carbocycles. The molecule has 108 valence electrons. The summed E-state index contributed by atoms with van der Waals surface area (Å²) in [6.45, 7) is 3.65. The predicted molar refractivity (Wildman–Crippen MR) is 82.7 cm³/mol. The topological polar surface area (TPSA) is 40.5 Å². The van der Waals surface area contributed by atoms with E-state index in [0.717, 1.165) is 30.5 Å². The Bertz CT molecular complexity index is 526. The summed E-state index contributed by atoms with van der Waals surface area (Å²) in [5.74, 6) is 0.186. The first-order valence-corrected chi connectivity index (χ1v) is 7.15. The van der Waals surface area contributed by atoms with Gasteiger partial charge in [-0.25, -0.2) is 0 Å². The lowest BCUT2D eigenvalue weighted by Crippen LogP contribution is -2.30. The van der Waals surface area contributed by atoms with E-state index in [0.29, 0.717) is 6.42 Å². The lowest BCUT2D eigenvalue weighted by Gasteiger charge is -2.25. The highest BCUT2D eigenvalue weighted by Gasteiger charge is 2.20. The number of allylic oxidation sites excluding steroid dienone is 1. The molecule has 1 aromatic carbocycles. The van der Waals surface area contributed by atoms with Crippen LogP contribution in [0.15, 0.2) is 24.3 Å². The van der Waals surface area contributed by atoms with Crippen LogP contribution in [0.4, 0.5) is 5.69 Å². The number of rotatable bonds is 4. The highest BCUT2D eigenvalue weighted by Crippen LogP contribution is 2.28. The van der Waals surface area contributed by atoms with Gasteiger partial charge in [-0.1, -0.05) is 18.2 Å². The monoisotopic (exact) mass is 273 g/mol. The Kier molecular flexibility index (Phi) is 4.29. The molecule has 0 atom stereocenters. The van der Waals surface area contributed by atoms with Crippen molar-refractivity contribution < 1.29 is 9.90 Å². The maximum atomic E-state index is 11.6. The van der Waals surface area contributed by atoms with Gasteiger partial charge < -0.3 is 10.0 Å². The fourth-order valence-corrected chi connectivity index (χ4v) is 2.44. The molecule has 20 heavy (non-hydrogen) atoms. The summed E-state index contributed by atoms with van der Waals surface area (Å²) < 4.78 is 0. The van der Waals surface area contributed by atoms with Crippen LogP contribution in [0, 0.1) is 0 Å².